The number of aromatic nitrogens is 1. The van der Waals surface area contributed by atoms with E-state index >= 15 is 0 Å². The number of hydrogen-bond donors (Lipinski definition) is 1. The Labute approximate surface area is 84.1 Å². The van der Waals surface area contributed by atoms with E-state index in [1.807, 2.05) is 6.92 Å². The second-order valence-electron chi connectivity index (χ2n) is 3.21. The summed E-state index contributed by atoms with van der Waals surface area (Å²) in [5.74, 6) is 0. The molecule has 0 aliphatic rings. The molecule has 0 aromatic carbocycles. The molecule has 78 valence electrons. The van der Waals surface area contributed by atoms with E-state index < -0.39 is 9.84 Å². The SMILES string of the molecule is CC[C@H](N)c1ccnc(S(C)(=O)=O)c1. The Morgan fingerprint density at radius 3 is 2.71 bits per heavy atom. The molecule has 4 nitrogen and oxygen atoms in total. The Bertz CT molecular complexity index is 415. The van der Waals surface area contributed by atoms with Crippen LogP contribution in [0.25, 0.3) is 0 Å². The standard InChI is InChI=1S/C9H14N2O2S/c1-3-8(10)7-4-5-11-9(6-7)14(2,12)13/h4-6,8H,3,10H2,1-2H3/t8-/m0/s1. The minimum absolute atomic E-state index is 0.0823. The average Bonchev–Trinajstić information content (AvgIpc) is 2.15. The largest absolute Gasteiger partial charge is 0.324 e. The monoisotopic (exact) mass is 214 g/mol. The summed E-state index contributed by atoms with van der Waals surface area (Å²) in [5, 5.41) is 0.0823. The van der Waals surface area contributed by atoms with Gasteiger partial charge in [0.15, 0.2) is 14.9 Å². The van der Waals surface area contributed by atoms with E-state index in [1.54, 1.807) is 6.07 Å². The van der Waals surface area contributed by atoms with E-state index in [4.69, 9.17) is 5.73 Å². The molecule has 0 aliphatic carbocycles. The third-order valence-electron chi connectivity index (χ3n) is 2.01. The number of nitrogens with zero attached hydrogens (tertiary/aromatic N) is 1. The van der Waals surface area contributed by atoms with E-state index in [2.05, 4.69) is 4.98 Å². The molecule has 0 saturated carbocycles. The highest BCUT2D eigenvalue weighted by molar-refractivity contribution is 7.90. The lowest BCUT2D eigenvalue weighted by Crippen LogP contribution is -2.10. The highest BCUT2D eigenvalue weighted by Gasteiger charge is 2.11. The summed E-state index contributed by atoms with van der Waals surface area (Å²) in [6.45, 7) is 1.95. The van der Waals surface area contributed by atoms with Gasteiger partial charge in [0.05, 0.1) is 0 Å². The predicted molar refractivity (Wildman–Crippen MR) is 54.6 cm³/mol. The maximum atomic E-state index is 11.2. The topological polar surface area (TPSA) is 73.0 Å². The highest BCUT2D eigenvalue weighted by atomic mass is 32.2. The molecule has 0 spiro atoms. The van der Waals surface area contributed by atoms with Gasteiger partial charge in [-0.2, -0.15) is 0 Å². The van der Waals surface area contributed by atoms with Gasteiger partial charge in [0.1, 0.15) is 0 Å². The quantitative estimate of drug-likeness (QED) is 0.811. The van der Waals surface area contributed by atoms with Crippen LogP contribution in [0.3, 0.4) is 0 Å². The van der Waals surface area contributed by atoms with E-state index in [-0.39, 0.29) is 11.1 Å². The van der Waals surface area contributed by atoms with E-state index in [1.165, 1.54) is 12.3 Å². The van der Waals surface area contributed by atoms with Crippen LogP contribution in [-0.2, 0) is 9.84 Å². The summed E-state index contributed by atoms with van der Waals surface area (Å²) in [5.41, 5.74) is 6.59. The van der Waals surface area contributed by atoms with Crippen LogP contribution >= 0.6 is 0 Å². The molecular formula is C9H14N2O2S. The van der Waals surface area contributed by atoms with Crippen molar-refractivity contribution in [2.45, 2.75) is 24.4 Å². The smallest absolute Gasteiger partial charge is 0.192 e. The molecule has 1 heterocycles. The van der Waals surface area contributed by atoms with Gasteiger partial charge in [0.25, 0.3) is 0 Å². The Hall–Kier alpha value is -0.940. The van der Waals surface area contributed by atoms with E-state index in [9.17, 15) is 8.42 Å². The maximum absolute atomic E-state index is 11.2. The summed E-state index contributed by atoms with van der Waals surface area (Å²) in [7, 11) is -3.23. The third kappa shape index (κ3) is 2.52. The van der Waals surface area contributed by atoms with Gasteiger partial charge in [-0.05, 0) is 24.1 Å². The van der Waals surface area contributed by atoms with Crippen LogP contribution in [0.15, 0.2) is 23.4 Å². The van der Waals surface area contributed by atoms with Crippen molar-refractivity contribution in [2.24, 2.45) is 5.73 Å². The molecule has 0 amide bonds. The predicted octanol–water partition coefficient (Wildman–Crippen LogP) is 0.895. The molecule has 1 aromatic rings. The second kappa shape index (κ2) is 4.06. The molecule has 1 atom stereocenters. The fourth-order valence-corrected chi connectivity index (χ4v) is 1.70. The number of hydrogen-bond acceptors (Lipinski definition) is 4. The average molecular weight is 214 g/mol. The van der Waals surface area contributed by atoms with Crippen LogP contribution in [0.1, 0.15) is 24.9 Å². The first-order valence-electron chi connectivity index (χ1n) is 4.36. The van der Waals surface area contributed by atoms with Gasteiger partial charge in [-0.25, -0.2) is 13.4 Å². The zero-order valence-electron chi connectivity index (χ0n) is 8.27. The van der Waals surface area contributed by atoms with Crippen molar-refractivity contribution in [1.29, 1.82) is 0 Å². The number of pyridine rings is 1. The number of nitrogens with two attached hydrogens (primary N) is 1. The first-order valence-corrected chi connectivity index (χ1v) is 6.26. The van der Waals surface area contributed by atoms with Crippen molar-refractivity contribution in [3.8, 4) is 0 Å². The zero-order valence-corrected chi connectivity index (χ0v) is 9.08. The maximum Gasteiger partial charge on any atom is 0.192 e. The van der Waals surface area contributed by atoms with Gasteiger partial charge in [0, 0.05) is 18.5 Å². The molecule has 0 radical (unpaired) electrons. The fraction of sp³-hybridized carbons (Fsp3) is 0.444. The Morgan fingerprint density at radius 2 is 2.21 bits per heavy atom. The van der Waals surface area contributed by atoms with Crippen LogP contribution in [0, 0.1) is 0 Å². The van der Waals surface area contributed by atoms with Gasteiger partial charge in [0.2, 0.25) is 0 Å². The first kappa shape index (κ1) is 11.1. The van der Waals surface area contributed by atoms with Crippen molar-refractivity contribution in [3.63, 3.8) is 0 Å². The molecule has 1 rings (SSSR count). The van der Waals surface area contributed by atoms with Crippen molar-refractivity contribution in [2.75, 3.05) is 6.26 Å². The third-order valence-corrected chi connectivity index (χ3v) is 2.99. The van der Waals surface area contributed by atoms with Crippen LogP contribution in [0.2, 0.25) is 0 Å². The van der Waals surface area contributed by atoms with Gasteiger partial charge in [-0.1, -0.05) is 6.92 Å². The van der Waals surface area contributed by atoms with Crippen molar-refractivity contribution in [1.82, 2.24) is 4.98 Å². The molecule has 2 N–H and O–H groups in total. The van der Waals surface area contributed by atoms with Gasteiger partial charge in [-0.15, -0.1) is 0 Å². The normalized spacial score (nSPS) is 13.9. The lowest BCUT2D eigenvalue weighted by molar-refractivity contribution is 0.597. The minimum Gasteiger partial charge on any atom is -0.324 e. The van der Waals surface area contributed by atoms with Gasteiger partial charge >= 0.3 is 0 Å². The van der Waals surface area contributed by atoms with Gasteiger partial charge in [-0.3, -0.25) is 0 Å². The molecular weight excluding hydrogens is 200 g/mol. The number of rotatable bonds is 3. The van der Waals surface area contributed by atoms with Crippen molar-refractivity contribution >= 4 is 9.84 Å². The lowest BCUT2D eigenvalue weighted by atomic mass is 10.1. The minimum atomic E-state index is -3.23. The zero-order chi connectivity index (χ0) is 10.8. The number of sulfone groups is 1. The molecule has 1 aromatic heterocycles. The summed E-state index contributed by atoms with van der Waals surface area (Å²) in [6.07, 6.45) is 3.38. The van der Waals surface area contributed by atoms with Crippen LogP contribution in [-0.4, -0.2) is 19.7 Å². The Balaban J connectivity index is 3.14. The summed E-state index contributed by atoms with van der Waals surface area (Å²) in [4.78, 5) is 3.78. The molecule has 5 heteroatoms. The van der Waals surface area contributed by atoms with Crippen LogP contribution in [0.5, 0.6) is 0 Å². The van der Waals surface area contributed by atoms with Gasteiger partial charge < -0.3 is 5.73 Å². The first-order chi connectivity index (χ1) is 6.45. The fourth-order valence-electron chi connectivity index (χ4n) is 1.09. The Morgan fingerprint density at radius 1 is 1.57 bits per heavy atom. The molecule has 0 bridgehead atoms. The van der Waals surface area contributed by atoms with E-state index in [0.29, 0.717) is 0 Å². The molecule has 0 unspecified atom stereocenters. The highest BCUT2D eigenvalue weighted by Crippen LogP contribution is 2.15. The summed E-state index contributed by atoms with van der Waals surface area (Å²) < 4.78 is 22.4. The second-order valence-corrected chi connectivity index (χ2v) is 5.18. The van der Waals surface area contributed by atoms with Crippen LogP contribution < -0.4 is 5.73 Å². The van der Waals surface area contributed by atoms with Crippen molar-refractivity contribution in [3.05, 3.63) is 23.9 Å². The van der Waals surface area contributed by atoms with E-state index in [0.717, 1.165) is 18.2 Å². The summed E-state index contributed by atoms with van der Waals surface area (Å²) >= 11 is 0. The molecule has 0 fully saturated rings. The summed E-state index contributed by atoms with van der Waals surface area (Å²) in [6, 6.07) is 3.14. The Kier molecular flexibility index (Phi) is 3.23. The van der Waals surface area contributed by atoms with Crippen LogP contribution in [0.4, 0.5) is 0 Å². The molecule has 0 aliphatic heterocycles. The lowest BCUT2D eigenvalue weighted by Gasteiger charge is -2.09. The van der Waals surface area contributed by atoms with Crippen molar-refractivity contribution < 1.29 is 8.42 Å². The molecule has 14 heavy (non-hydrogen) atoms. The molecule has 0 saturated heterocycles.